The molecule has 5 nitrogen and oxygen atoms in total. The lowest BCUT2D eigenvalue weighted by atomic mass is 9.97. The summed E-state index contributed by atoms with van der Waals surface area (Å²) in [4.78, 5) is 17.2. The molecule has 2 atom stereocenters. The third-order valence-electron chi connectivity index (χ3n) is 5.25. The molecule has 1 aromatic rings. The molecule has 26 heavy (non-hydrogen) atoms. The number of nitrogens with zero attached hydrogens (tertiary/aromatic N) is 2. The Morgan fingerprint density at radius 1 is 1.19 bits per heavy atom. The van der Waals surface area contributed by atoms with Crippen molar-refractivity contribution in [2.45, 2.75) is 51.0 Å². The van der Waals surface area contributed by atoms with Crippen molar-refractivity contribution in [3.05, 3.63) is 35.9 Å². The minimum absolute atomic E-state index is 0. The van der Waals surface area contributed by atoms with E-state index in [-0.39, 0.29) is 48.5 Å². The Bertz CT molecular complexity index is 571. The first kappa shape index (κ1) is 23.2. The van der Waals surface area contributed by atoms with Gasteiger partial charge < -0.3 is 15.4 Å². The second kappa shape index (κ2) is 9.90. The van der Waals surface area contributed by atoms with Crippen LogP contribution in [0, 0.1) is 0 Å². The van der Waals surface area contributed by atoms with E-state index in [4.69, 9.17) is 10.5 Å². The van der Waals surface area contributed by atoms with Crippen molar-refractivity contribution < 1.29 is 9.53 Å². The van der Waals surface area contributed by atoms with E-state index in [1.807, 2.05) is 11.0 Å². The molecule has 7 heteroatoms. The van der Waals surface area contributed by atoms with Crippen molar-refractivity contribution in [2.24, 2.45) is 5.73 Å². The van der Waals surface area contributed by atoms with Crippen LogP contribution < -0.4 is 5.73 Å². The molecular formula is C19H31Cl2N3O2. The number of amides is 1. The number of piperazine rings is 1. The number of carbonyl (C=O) groups is 1. The van der Waals surface area contributed by atoms with Gasteiger partial charge in [0.1, 0.15) is 6.10 Å². The molecule has 0 aromatic heterocycles. The van der Waals surface area contributed by atoms with Gasteiger partial charge in [0, 0.05) is 38.3 Å². The maximum absolute atomic E-state index is 12.8. The third kappa shape index (κ3) is 5.33. The zero-order chi connectivity index (χ0) is 17.2. The van der Waals surface area contributed by atoms with E-state index < -0.39 is 0 Å². The highest BCUT2D eigenvalue weighted by molar-refractivity contribution is 5.85. The Morgan fingerprint density at radius 2 is 1.88 bits per heavy atom. The Morgan fingerprint density at radius 3 is 2.46 bits per heavy atom. The Hall–Kier alpha value is -0.850. The summed E-state index contributed by atoms with van der Waals surface area (Å²) in [5.41, 5.74) is 6.92. The zero-order valence-corrected chi connectivity index (χ0v) is 17.2. The van der Waals surface area contributed by atoms with Crippen molar-refractivity contribution in [3.63, 3.8) is 0 Å². The van der Waals surface area contributed by atoms with Crippen molar-refractivity contribution in [3.8, 4) is 0 Å². The van der Waals surface area contributed by atoms with Gasteiger partial charge in [0.15, 0.2) is 0 Å². The smallest absolute Gasteiger partial charge is 0.251 e. The van der Waals surface area contributed by atoms with E-state index in [1.165, 1.54) is 5.56 Å². The molecule has 0 saturated carbocycles. The van der Waals surface area contributed by atoms with Crippen molar-refractivity contribution in [1.29, 1.82) is 0 Å². The molecule has 2 heterocycles. The second-order valence-electron chi connectivity index (χ2n) is 7.54. The van der Waals surface area contributed by atoms with Crippen LogP contribution in [0.5, 0.6) is 0 Å². The standard InChI is InChI=1S/C19H29N3O2.2ClH/c1-19(2)14-21(18(23)17-9-8-16(12-20)24-17)10-11-22(19)13-15-6-4-3-5-7-15;;/h3-7,16-17H,8-14,20H2,1-2H3;2*1H/t16-,17+;;/m1../s1. The molecule has 2 aliphatic heterocycles. The summed E-state index contributed by atoms with van der Waals surface area (Å²) < 4.78 is 5.79. The van der Waals surface area contributed by atoms with E-state index >= 15 is 0 Å². The molecule has 0 aliphatic carbocycles. The maximum Gasteiger partial charge on any atom is 0.251 e. The molecule has 1 amide bonds. The average molecular weight is 404 g/mol. The molecule has 148 valence electrons. The number of rotatable bonds is 4. The lowest BCUT2D eigenvalue weighted by molar-refractivity contribution is -0.148. The SMILES string of the molecule is CC1(C)CN(C(=O)[C@@H]2CC[C@H](CN)O2)CCN1Cc1ccccc1.Cl.Cl. The summed E-state index contributed by atoms with van der Waals surface area (Å²) in [6.07, 6.45) is 1.44. The Balaban J connectivity index is 0.00000169. The van der Waals surface area contributed by atoms with Crippen LogP contribution in [0.25, 0.3) is 0 Å². The molecule has 2 N–H and O–H groups in total. The normalized spacial score (nSPS) is 25.3. The van der Waals surface area contributed by atoms with Gasteiger partial charge >= 0.3 is 0 Å². The number of hydrogen-bond acceptors (Lipinski definition) is 4. The zero-order valence-electron chi connectivity index (χ0n) is 15.6. The van der Waals surface area contributed by atoms with E-state index in [9.17, 15) is 4.79 Å². The number of halogens is 2. The van der Waals surface area contributed by atoms with Gasteiger partial charge in [0.2, 0.25) is 0 Å². The molecule has 0 unspecified atom stereocenters. The Labute approximate surface area is 169 Å². The summed E-state index contributed by atoms with van der Waals surface area (Å²) in [7, 11) is 0. The second-order valence-corrected chi connectivity index (χ2v) is 7.54. The van der Waals surface area contributed by atoms with Crippen LogP contribution in [0.1, 0.15) is 32.3 Å². The molecule has 3 rings (SSSR count). The molecule has 2 aliphatic rings. The fraction of sp³-hybridized carbons (Fsp3) is 0.632. The number of benzene rings is 1. The fourth-order valence-corrected chi connectivity index (χ4v) is 3.74. The number of nitrogens with two attached hydrogens (primary N) is 1. The largest absolute Gasteiger partial charge is 0.364 e. The topological polar surface area (TPSA) is 58.8 Å². The van der Waals surface area contributed by atoms with Gasteiger partial charge in [-0.2, -0.15) is 0 Å². The number of hydrogen-bond donors (Lipinski definition) is 1. The predicted molar refractivity (Wildman–Crippen MR) is 109 cm³/mol. The number of ether oxygens (including phenoxy) is 1. The summed E-state index contributed by atoms with van der Waals surface area (Å²) in [5.74, 6) is 0.137. The lowest BCUT2D eigenvalue weighted by Gasteiger charge is -2.47. The Kier molecular flexibility index (Phi) is 8.83. The first-order chi connectivity index (χ1) is 11.5. The maximum atomic E-state index is 12.8. The highest BCUT2D eigenvalue weighted by atomic mass is 35.5. The van der Waals surface area contributed by atoms with Crippen molar-refractivity contribution >= 4 is 30.7 Å². The minimum Gasteiger partial charge on any atom is -0.364 e. The third-order valence-corrected chi connectivity index (χ3v) is 5.25. The van der Waals surface area contributed by atoms with E-state index in [2.05, 4.69) is 43.0 Å². The van der Waals surface area contributed by atoms with Crippen LogP contribution in [0.3, 0.4) is 0 Å². The molecule has 0 spiro atoms. The number of carbonyl (C=O) groups excluding carboxylic acids is 1. The van der Waals surface area contributed by atoms with Gasteiger partial charge in [-0.3, -0.25) is 9.69 Å². The first-order valence-electron chi connectivity index (χ1n) is 8.93. The minimum atomic E-state index is -0.296. The van der Waals surface area contributed by atoms with Crippen molar-refractivity contribution in [2.75, 3.05) is 26.2 Å². The highest BCUT2D eigenvalue weighted by Gasteiger charge is 2.39. The molecule has 2 saturated heterocycles. The lowest BCUT2D eigenvalue weighted by Crippen LogP contribution is -2.61. The molecule has 1 aromatic carbocycles. The molecule has 0 radical (unpaired) electrons. The van der Waals surface area contributed by atoms with Crippen LogP contribution in [-0.2, 0) is 16.1 Å². The van der Waals surface area contributed by atoms with Crippen LogP contribution >= 0.6 is 24.8 Å². The summed E-state index contributed by atoms with van der Waals surface area (Å²) in [6, 6.07) is 10.5. The van der Waals surface area contributed by atoms with Gasteiger partial charge in [-0.25, -0.2) is 0 Å². The average Bonchev–Trinajstić information content (AvgIpc) is 3.06. The molecule has 0 bridgehead atoms. The van der Waals surface area contributed by atoms with Gasteiger partial charge in [-0.1, -0.05) is 30.3 Å². The first-order valence-corrected chi connectivity index (χ1v) is 8.93. The summed E-state index contributed by atoms with van der Waals surface area (Å²) in [5, 5.41) is 0. The van der Waals surface area contributed by atoms with Gasteiger partial charge in [0.05, 0.1) is 6.10 Å². The molecular weight excluding hydrogens is 373 g/mol. The molecule has 2 fully saturated rings. The predicted octanol–water partition coefficient (Wildman–Crippen LogP) is 2.46. The van der Waals surface area contributed by atoms with Crippen LogP contribution in [0.4, 0.5) is 0 Å². The van der Waals surface area contributed by atoms with Gasteiger partial charge in [0.25, 0.3) is 5.91 Å². The summed E-state index contributed by atoms with van der Waals surface area (Å²) >= 11 is 0. The van der Waals surface area contributed by atoms with E-state index in [0.29, 0.717) is 6.54 Å². The monoisotopic (exact) mass is 403 g/mol. The van der Waals surface area contributed by atoms with Crippen LogP contribution in [0.2, 0.25) is 0 Å². The fourth-order valence-electron chi connectivity index (χ4n) is 3.74. The van der Waals surface area contributed by atoms with Crippen LogP contribution in [0.15, 0.2) is 30.3 Å². The van der Waals surface area contributed by atoms with E-state index in [0.717, 1.165) is 39.0 Å². The summed E-state index contributed by atoms with van der Waals surface area (Å²) in [6.45, 7) is 8.25. The van der Waals surface area contributed by atoms with Crippen molar-refractivity contribution in [1.82, 2.24) is 9.80 Å². The van der Waals surface area contributed by atoms with Crippen LogP contribution in [-0.4, -0.2) is 59.6 Å². The van der Waals surface area contributed by atoms with E-state index in [1.54, 1.807) is 0 Å². The van der Waals surface area contributed by atoms with Gasteiger partial charge in [-0.15, -0.1) is 24.8 Å². The quantitative estimate of drug-likeness (QED) is 0.838. The highest BCUT2D eigenvalue weighted by Crippen LogP contribution is 2.26. The van der Waals surface area contributed by atoms with Gasteiger partial charge in [-0.05, 0) is 32.3 Å².